The van der Waals surface area contributed by atoms with Crippen molar-refractivity contribution < 1.29 is 4.79 Å². The number of carbonyl (C=O) groups excluding carboxylic acids is 1. The van der Waals surface area contributed by atoms with E-state index >= 15 is 0 Å². The second-order valence-corrected chi connectivity index (χ2v) is 6.40. The molecule has 2 N–H and O–H groups in total. The van der Waals surface area contributed by atoms with E-state index < -0.39 is 0 Å². The Morgan fingerprint density at radius 1 is 1.20 bits per heavy atom. The number of benzene rings is 1. The van der Waals surface area contributed by atoms with Gasteiger partial charge in [0.15, 0.2) is 0 Å². The van der Waals surface area contributed by atoms with Crippen molar-refractivity contribution in [3.05, 3.63) is 63.5 Å². The van der Waals surface area contributed by atoms with E-state index in [0.717, 1.165) is 31.5 Å². The van der Waals surface area contributed by atoms with Crippen LogP contribution >= 0.6 is 24.0 Å². The third kappa shape index (κ3) is 5.08. The largest absolute Gasteiger partial charge is 0.325 e. The number of anilines is 1. The highest BCUT2D eigenvalue weighted by Gasteiger charge is 2.21. The van der Waals surface area contributed by atoms with Crippen molar-refractivity contribution in [2.24, 2.45) is 5.92 Å². The molecule has 134 valence electrons. The number of pyridine rings is 1. The van der Waals surface area contributed by atoms with Gasteiger partial charge in [-0.15, -0.1) is 12.4 Å². The van der Waals surface area contributed by atoms with Crippen molar-refractivity contribution in [2.45, 2.75) is 19.4 Å². The van der Waals surface area contributed by atoms with Gasteiger partial charge in [-0.2, -0.15) is 0 Å². The van der Waals surface area contributed by atoms with E-state index in [0.29, 0.717) is 17.3 Å². The highest BCUT2D eigenvalue weighted by Crippen LogP contribution is 2.17. The van der Waals surface area contributed by atoms with Gasteiger partial charge in [-0.1, -0.05) is 29.8 Å². The lowest BCUT2D eigenvalue weighted by atomic mass is 9.97. The van der Waals surface area contributed by atoms with Gasteiger partial charge in [0.2, 0.25) is 5.91 Å². The molecule has 0 atom stereocenters. The first-order valence-corrected chi connectivity index (χ1v) is 8.47. The lowest BCUT2D eigenvalue weighted by molar-refractivity contribution is -0.120. The zero-order valence-corrected chi connectivity index (χ0v) is 15.3. The summed E-state index contributed by atoms with van der Waals surface area (Å²) in [5.74, 6) is 0.0367. The summed E-state index contributed by atoms with van der Waals surface area (Å²) in [4.78, 5) is 24.4. The molecule has 1 saturated heterocycles. The smallest absolute Gasteiger partial charge is 0.250 e. The van der Waals surface area contributed by atoms with E-state index in [1.165, 1.54) is 6.07 Å². The Kier molecular flexibility index (Phi) is 7.05. The quantitative estimate of drug-likeness (QED) is 0.855. The molecule has 2 aromatic rings. The summed E-state index contributed by atoms with van der Waals surface area (Å²) in [5, 5.41) is 6.78. The van der Waals surface area contributed by atoms with Gasteiger partial charge in [0.25, 0.3) is 5.56 Å². The number of piperidine rings is 1. The highest BCUT2D eigenvalue weighted by atomic mass is 35.5. The number of rotatable bonds is 4. The Labute approximate surface area is 157 Å². The molecule has 1 amide bonds. The first-order valence-electron chi connectivity index (χ1n) is 8.09. The fourth-order valence-electron chi connectivity index (χ4n) is 2.87. The third-order valence-electron chi connectivity index (χ3n) is 4.26. The first-order chi connectivity index (χ1) is 11.6. The van der Waals surface area contributed by atoms with Gasteiger partial charge in [0, 0.05) is 23.2 Å². The van der Waals surface area contributed by atoms with Gasteiger partial charge in [0.1, 0.15) is 0 Å². The van der Waals surface area contributed by atoms with Crippen LogP contribution in [0.5, 0.6) is 0 Å². The number of nitrogens with one attached hydrogen (secondary N) is 2. The summed E-state index contributed by atoms with van der Waals surface area (Å²) in [6.45, 7) is 2.10. The third-order valence-corrected chi connectivity index (χ3v) is 4.63. The van der Waals surface area contributed by atoms with Gasteiger partial charge in [-0.25, -0.2) is 0 Å². The fraction of sp³-hybridized carbons (Fsp3) is 0.333. The molecule has 2 heterocycles. The van der Waals surface area contributed by atoms with Crippen molar-refractivity contribution in [3.8, 4) is 0 Å². The molecule has 0 radical (unpaired) electrons. The van der Waals surface area contributed by atoms with Crippen molar-refractivity contribution in [1.29, 1.82) is 0 Å². The SMILES string of the molecule is Cl.O=C(Nc1ccc(=O)n(Cc2ccccc2Cl)c1)C1CCNCC1. The standard InChI is InChI=1S/C18H20ClN3O2.ClH/c19-16-4-2-1-3-14(16)11-22-12-15(5-6-17(22)23)21-18(24)13-7-9-20-10-8-13;/h1-6,12-13,20H,7-11H2,(H,21,24);1H. The van der Waals surface area contributed by atoms with Crippen LogP contribution in [0.1, 0.15) is 18.4 Å². The van der Waals surface area contributed by atoms with Crippen LogP contribution in [-0.4, -0.2) is 23.6 Å². The lowest BCUT2D eigenvalue weighted by Gasteiger charge is -2.22. The molecule has 0 aliphatic carbocycles. The molecular weight excluding hydrogens is 361 g/mol. The molecule has 7 heteroatoms. The van der Waals surface area contributed by atoms with Gasteiger partial charge in [-0.05, 0) is 43.6 Å². The Balaban J connectivity index is 0.00000225. The zero-order valence-electron chi connectivity index (χ0n) is 13.7. The fourth-order valence-corrected chi connectivity index (χ4v) is 3.06. The number of carbonyl (C=O) groups is 1. The van der Waals surface area contributed by atoms with Crippen LogP contribution < -0.4 is 16.2 Å². The van der Waals surface area contributed by atoms with Crippen LogP contribution in [0.4, 0.5) is 5.69 Å². The minimum Gasteiger partial charge on any atom is -0.325 e. The highest BCUT2D eigenvalue weighted by molar-refractivity contribution is 6.31. The normalized spacial score (nSPS) is 14.6. The van der Waals surface area contributed by atoms with Crippen molar-refractivity contribution >= 4 is 35.6 Å². The number of amides is 1. The number of aromatic nitrogens is 1. The Morgan fingerprint density at radius 2 is 1.92 bits per heavy atom. The molecule has 1 fully saturated rings. The molecule has 1 aliphatic rings. The van der Waals surface area contributed by atoms with Gasteiger partial charge >= 0.3 is 0 Å². The molecule has 0 bridgehead atoms. The molecule has 25 heavy (non-hydrogen) atoms. The van der Waals surface area contributed by atoms with Crippen LogP contribution in [0, 0.1) is 5.92 Å². The van der Waals surface area contributed by atoms with Crippen LogP contribution in [0.15, 0.2) is 47.4 Å². The maximum Gasteiger partial charge on any atom is 0.250 e. The average Bonchev–Trinajstić information content (AvgIpc) is 2.60. The molecule has 0 saturated carbocycles. The number of halogens is 2. The van der Waals surface area contributed by atoms with E-state index in [4.69, 9.17) is 11.6 Å². The number of hydrogen-bond donors (Lipinski definition) is 2. The van der Waals surface area contributed by atoms with Crippen molar-refractivity contribution in [2.75, 3.05) is 18.4 Å². The lowest BCUT2D eigenvalue weighted by Crippen LogP contribution is -2.34. The molecule has 1 aromatic heterocycles. The van der Waals surface area contributed by atoms with Crippen molar-refractivity contribution in [1.82, 2.24) is 9.88 Å². The summed E-state index contributed by atoms with van der Waals surface area (Å²) in [5.41, 5.74) is 1.36. The Bertz CT molecular complexity index is 786. The van der Waals surface area contributed by atoms with E-state index in [1.54, 1.807) is 22.9 Å². The molecule has 0 unspecified atom stereocenters. The van der Waals surface area contributed by atoms with Crippen LogP contribution in [0.3, 0.4) is 0 Å². The van der Waals surface area contributed by atoms with Crippen LogP contribution in [-0.2, 0) is 11.3 Å². The first kappa shape index (κ1) is 19.5. The van der Waals surface area contributed by atoms with Crippen LogP contribution in [0.2, 0.25) is 5.02 Å². The minimum absolute atomic E-state index is 0. The van der Waals surface area contributed by atoms with Crippen LogP contribution in [0.25, 0.3) is 0 Å². The minimum atomic E-state index is -0.130. The molecule has 0 spiro atoms. The molecule has 1 aliphatic heterocycles. The predicted molar refractivity (Wildman–Crippen MR) is 103 cm³/mol. The van der Waals surface area contributed by atoms with E-state index in [2.05, 4.69) is 10.6 Å². The van der Waals surface area contributed by atoms with Gasteiger partial charge in [0.05, 0.1) is 12.2 Å². The summed E-state index contributed by atoms with van der Waals surface area (Å²) < 4.78 is 1.55. The summed E-state index contributed by atoms with van der Waals surface area (Å²) in [6, 6.07) is 10.5. The molecule has 5 nitrogen and oxygen atoms in total. The van der Waals surface area contributed by atoms with Gasteiger partial charge in [-0.3, -0.25) is 9.59 Å². The summed E-state index contributed by atoms with van der Waals surface area (Å²) in [7, 11) is 0. The zero-order chi connectivity index (χ0) is 16.9. The number of nitrogens with zero attached hydrogens (tertiary/aromatic N) is 1. The maximum absolute atomic E-state index is 12.3. The van der Waals surface area contributed by atoms with Gasteiger partial charge < -0.3 is 15.2 Å². The second kappa shape index (κ2) is 9.04. The Morgan fingerprint density at radius 3 is 2.64 bits per heavy atom. The molecular formula is C18H21Cl2N3O2. The van der Waals surface area contributed by atoms with E-state index in [-0.39, 0.29) is 29.8 Å². The summed E-state index contributed by atoms with van der Waals surface area (Å²) >= 11 is 6.16. The topological polar surface area (TPSA) is 63.1 Å². The molecule has 1 aromatic carbocycles. The van der Waals surface area contributed by atoms with Crippen molar-refractivity contribution in [3.63, 3.8) is 0 Å². The average molecular weight is 382 g/mol. The predicted octanol–water partition coefficient (Wildman–Crippen LogP) is 2.91. The molecule has 3 rings (SSSR count). The monoisotopic (exact) mass is 381 g/mol. The second-order valence-electron chi connectivity index (χ2n) is 5.99. The Hall–Kier alpha value is -1.82. The number of hydrogen-bond acceptors (Lipinski definition) is 3. The maximum atomic E-state index is 12.3. The van der Waals surface area contributed by atoms with E-state index in [1.807, 2.05) is 18.2 Å². The van der Waals surface area contributed by atoms with E-state index in [9.17, 15) is 9.59 Å². The summed E-state index contributed by atoms with van der Waals surface area (Å²) in [6.07, 6.45) is 3.35.